The minimum Gasteiger partial charge on any atom is -0.296 e. The first-order valence-corrected chi connectivity index (χ1v) is 10.2. The highest BCUT2D eigenvalue weighted by molar-refractivity contribution is 5.80. The van der Waals surface area contributed by atoms with Gasteiger partial charge >= 0.3 is 0 Å². The molecule has 0 spiro atoms. The number of nitrogens with zero attached hydrogens (tertiary/aromatic N) is 5. The second-order valence-electron chi connectivity index (χ2n) is 7.15. The van der Waals surface area contributed by atoms with Crippen LogP contribution in [-0.2, 0) is 19.4 Å². The van der Waals surface area contributed by atoms with Crippen molar-refractivity contribution in [2.75, 3.05) is 0 Å². The summed E-state index contributed by atoms with van der Waals surface area (Å²) in [6, 6.07) is 16.4. The Kier molecular flexibility index (Phi) is 5.79. The average molecular weight is 400 g/mol. The van der Waals surface area contributed by atoms with Crippen molar-refractivity contribution in [3.05, 3.63) is 71.0 Å². The molecule has 7 nitrogen and oxygen atoms in total. The molecule has 2 aromatic carbocycles. The van der Waals surface area contributed by atoms with E-state index in [1.54, 1.807) is 0 Å². The van der Waals surface area contributed by atoms with Gasteiger partial charge in [0.25, 0.3) is 0 Å². The van der Waals surface area contributed by atoms with Crippen LogP contribution >= 0.6 is 0 Å². The normalized spacial score (nSPS) is 11.0. The summed E-state index contributed by atoms with van der Waals surface area (Å²) in [5.41, 5.74) is 6.94. The molecule has 0 saturated heterocycles. The Hall–Kier alpha value is -3.61. The Morgan fingerprint density at radius 3 is 2.43 bits per heavy atom. The van der Waals surface area contributed by atoms with E-state index in [-0.39, 0.29) is 0 Å². The molecule has 2 aromatic heterocycles. The zero-order valence-electron chi connectivity index (χ0n) is 17.2. The van der Waals surface area contributed by atoms with Crippen LogP contribution in [0.1, 0.15) is 47.6 Å². The van der Waals surface area contributed by atoms with Gasteiger partial charge in [0.1, 0.15) is 5.69 Å². The summed E-state index contributed by atoms with van der Waals surface area (Å²) >= 11 is 0. The van der Waals surface area contributed by atoms with Crippen LogP contribution in [0.5, 0.6) is 0 Å². The number of aromatic nitrogens is 6. The predicted octanol–water partition coefficient (Wildman–Crippen LogP) is 4.11. The zero-order chi connectivity index (χ0) is 20.9. The molecular weight excluding hydrogens is 376 g/mol. The van der Waals surface area contributed by atoms with Gasteiger partial charge in [-0.2, -0.15) is 10.3 Å². The third-order valence-electron chi connectivity index (χ3n) is 5.23. The highest BCUT2D eigenvalue weighted by Gasteiger charge is 2.17. The van der Waals surface area contributed by atoms with Crippen molar-refractivity contribution in [3.8, 4) is 22.5 Å². The summed E-state index contributed by atoms with van der Waals surface area (Å²) in [6.07, 6.45) is 3.49. The topological polar surface area (TPSA) is 89.4 Å². The van der Waals surface area contributed by atoms with Gasteiger partial charge in [-0.1, -0.05) is 61.9 Å². The number of aldehydes is 1. The lowest BCUT2D eigenvalue weighted by Gasteiger charge is -2.09. The molecule has 0 aliphatic rings. The Morgan fingerprint density at radius 1 is 1.03 bits per heavy atom. The van der Waals surface area contributed by atoms with E-state index in [9.17, 15) is 4.79 Å². The number of benzene rings is 2. The van der Waals surface area contributed by atoms with Gasteiger partial charge in [-0.05, 0) is 35.2 Å². The predicted molar refractivity (Wildman–Crippen MR) is 115 cm³/mol. The first kappa shape index (κ1) is 19.7. The molecule has 0 atom stereocenters. The van der Waals surface area contributed by atoms with E-state index in [0.717, 1.165) is 52.6 Å². The molecule has 0 bridgehead atoms. The highest BCUT2D eigenvalue weighted by atomic mass is 16.1. The second-order valence-corrected chi connectivity index (χ2v) is 7.15. The number of rotatable bonds is 8. The molecule has 0 saturated carbocycles. The molecule has 2 heterocycles. The molecule has 4 rings (SSSR count). The standard InChI is InChI=1S/C23H24N6O/c1-3-7-21-20(22(15-30)29(4-2)26-21)14-16-10-12-17(13-11-16)18-8-5-6-9-19(18)23-24-27-28-25-23/h5-6,8-13,15H,3-4,7,14H2,1-2H3,(H,24,25,27,28). The maximum atomic E-state index is 11.7. The number of tetrazole rings is 1. The number of aromatic amines is 1. The van der Waals surface area contributed by atoms with Crippen LogP contribution in [-0.4, -0.2) is 36.7 Å². The Balaban J connectivity index is 1.65. The molecule has 0 fully saturated rings. The Labute approximate surface area is 175 Å². The van der Waals surface area contributed by atoms with Crippen LogP contribution in [0.3, 0.4) is 0 Å². The van der Waals surface area contributed by atoms with Gasteiger partial charge in [-0.25, -0.2) is 0 Å². The third-order valence-corrected chi connectivity index (χ3v) is 5.23. The molecule has 4 aromatic rings. The van der Waals surface area contributed by atoms with Crippen molar-refractivity contribution < 1.29 is 4.79 Å². The van der Waals surface area contributed by atoms with E-state index in [4.69, 9.17) is 0 Å². The van der Waals surface area contributed by atoms with E-state index in [1.807, 2.05) is 29.8 Å². The van der Waals surface area contributed by atoms with Crippen LogP contribution in [0.15, 0.2) is 48.5 Å². The van der Waals surface area contributed by atoms with Gasteiger partial charge in [0.15, 0.2) is 6.29 Å². The number of aryl methyl sites for hydroxylation is 2. The molecule has 0 radical (unpaired) electrons. The molecule has 0 unspecified atom stereocenters. The number of carbonyl (C=O) groups is 1. The molecule has 0 amide bonds. The molecule has 7 heteroatoms. The van der Waals surface area contributed by atoms with Gasteiger partial charge < -0.3 is 0 Å². The summed E-state index contributed by atoms with van der Waals surface area (Å²) in [6.45, 7) is 4.83. The molecule has 0 aliphatic carbocycles. The number of hydrogen-bond acceptors (Lipinski definition) is 5. The van der Waals surface area contributed by atoms with Gasteiger partial charge in [0.05, 0.1) is 5.69 Å². The SMILES string of the molecule is CCCc1nn(CC)c(C=O)c1Cc1ccc(-c2ccccc2-c2nn[nH]n2)cc1. The van der Waals surface area contributed by atoms with Gasteiger partial charge in [0.2, 0.25) is 5.82 Å². The van der Waals surface area contributed by atoms with E-state index < -0.39 is 0 Å². The Bertz CT molecular complexity index is 1130. The van der Waals surface area contributed by atoms with Crippen molar-refractivity contribution in [2.24, 2.45) is 0 Å². The van der Waals surface area contributed by atoms with E-state index in [0.29, 0.717) is 24.5 Å². The third kappa shape index (κ3) is 3.78. The number of H-pyrrole nitrogens is 1. The van der Waals surface area contributed by atoms with Crippen molar-refractivity contribution in [1.29, 1.82) is 0 Å². The van der Waals surface area contributed by atoms with E-state index in [1.165, 1.54) is 0 Å². The molecule has 0 aliphatic heterocycles. The van der Waals surface area contributed by atoms with Gasteiger partial charge in [-0.15, -0.1) is 10.2 Å². The quantitative estimate of drug-likeness (QED) is 0.450. The minimum atomic E-state index is 0.571. The highest BCUT2D eigenvalue weighted by Crippen LogP contribution is 2.30. The first-order valence-electron chi connectivity index (χ1n) is 10.2. The fraction of sp³-hybridized carbons (Fsp3) is 0.261. The van der Waals surface area contributed by atoms with Crippen molar-refractivity contribution in [2.45, 2.75) is 39.7 Å². The first-order chi connectivity index (χ1) is 14.7. The molecule has 30 heavy (non-hydrogen) atoms. The lowest BCUT2D eigenvalue weighted by atomic mass is 9.96. The fourth-order valence-electron chi connectivity index (χ4n) is 3.78. The Morgan fingerprint density at radius 2 is 1.80 bits per heavy atom. The van der Waals surface area contributed by atoms with Crippen LogP contribution in [0.2, 0.25) is 0 Å². The molecule has 1 N–H and O–H groups in total. The van der Waals surface area contributed by atoms with Crippen molar-refractivity contribution in [3.63, 3.8) is 0 Å². The number of carbonyl (C=O) groups excluding carboxylic acids is 1. The summed E-state index contributed by atoms with van der Waals surface area (Å²) in [7, 11) is 0. The van der Waals surface area contributed by atoms with Crippen LogP contribution in [0.4, 0.5) is 0 Å². The summed E-state index contributed by atoms with van der Waals surface area (Å²) in [5.74, 6) is 0.571. The zero-order valence-corrected chi connectivity index (χ0v) is 17.2. The van der Waals surface area contributed by atoms with Crippen LogP contribution in [0, 0.1) is 0 Å². The summed E-state index contributed by atoms with van der Waals surface area (Å²) in [5, 5.41) is 19.1. The molecule has 152 valence electrons. The second kappa shape index (κ2) is 8.82. The molecular formula is C23H24N6O. The minimum absolute atomic E-state index is 0.571. The van der Waals surface area contributed by atoms with Crippen LogP contribution < -0.4 is 0 Å². The monoisotopic (exact) mass is 400 g/mol. The number of nitrogens with one attached hydrogen (secondary N) is 1. The van der Waals surface area contributed by atoms with Crippen molar-refractivity contribution in [1.82, 2.24) is 30.4 Å². The smallest absolute Gasteiger partial charge is 0.205 e. The maximum absolute atomic E-state index is 11.7. The van der Waals surface area contributed by atoms with Crippen molar-refractivity contribution >= 4 is 6.29 Å². The summed E-state index contributed by atoms with van der Waals surface area (Å²) in [4.78, 5) is 11.7. The lowest BCUT2D eigenvalue weighted by molar-refractivity contribution is 0.111. The fourth-order valence-corrected chi connectivity index (χ4v) is 3.78. The van der Waals surface area contributed by atoms with Crippen LogP contribution in [0.25, 0.3) is 22.5 Å². The average Bonchev–Trinajstić information content (AvgIpc) is 3.43. The number of hydrogen-bond donors (Lipinski definition) is 1. The van der Waals surface area contributed by atoms with E-state index >= 15 is 0 Å². The maximum Gasteiger partial charge on any atom is 0.205 e. The van der Waals surface area contributed by atoms with Gasteiger partial charge in [-0.3, -0.25) is 9.48 Å². The lowest BCUT2D eigenvalue weighted by Crippen LogP contribution is -2.03. The summed E-state index contributed by atoms with van der Waals surface area (Å²) < 4.78 is 1.81. The largest absolute Gasteiger partial charge is 0.296 e. The van der Waals surface area contributed by atoms with Gasteiger partial charge in [0, 0.05) is 24.1 Å². The van der Waals surface area contributed by atoms with E-state index in [2.05, 4.69) is 63.0 Å².